The van der Waals surface area contributed by atoms with Gasteiger partial charge in [0.05, 0.1) is 11.8 Å². The first-order valence-electron chi connectivity index (χ1n) is 7.17. The zero-order chi connectivity index (χ0) is 15.1. The van der Waals surface area contributed by atoms with E-state index in [4.69, 9.17) is 10.2 Å². The van der Waals surface area contributed by atoms with Crippen molar-refractivity contribution in [3.63, 3.8) is 0 Å². The fourth-order valence-corrected chi connectivity index (χ4v) is 4.36. The molecule has 7 heteroatoms. The Bertz CT molecular complexity index is 309. The van der Waals surface area contributed by atoms with Gasteiger partial charge >= 0.3 is 11.9 Å². The maximum Gasteiger partial charge on any atom is 0.307 e. The number of carboxylic acid groups (broad SMARTS) is 2. The molecular weight excluding hydrogens is 504 g/mol. The molecule has 0 bridgehead atoms. The predicted molar refractivity (Wildman–Crippen MR) is 84.6 cm³/mol. The van der Waals surface area contributed by atoms with Crippen LogP contribution in [0.1, 0.15) is 51.4 Å². The molecule has 118 valence electrons. The number of aliphatic carboxylic acids is 2. The molecular formula is C14H22Br2CdO4. The molecule has 0 aliphatic heterocycles. The van der Waals surface area contributed by atoms with Crippen LogP contribution in [0.15, 0.2) is 0 Å². The van der Waals surface area contributed by atoms with Crippen molar-refractivity contribution < 1.29 is 47.1 Å². The topological polar surface area (TPSA) is 74.6 Å². The van der Waals surface area contributed by atoms with Crippen molar-refractivity contribution in [1.29, 1.82) is 0 Å². The summed E-state index contributed by atoms with van der Waals surface area (Å²) >= 11 is 6.75. The number of hydrogen-bond donors (Lipinski definition) is 2. The van der Waals surface area contributed by atoms with Crippen LogP contribution in [0, 0.1) is 11.8 Å². The zero-order valence-corrected chi connectivity index (χ0v) is 19.3. The van der Waals surface area contributed by atoms with Gasteiger partial charge in [-0.2, -0.15) is 0 Å². The van der Waals surface area contributed by atoms with Gasteiger partial charge in [0.15, 0.2) is 0 Å². The number of rotatable bonds is 2. The molecule has 2 aliphatic carbocycles. The van der Waals surface area contributed by atoms with Crippen molar-refractivity contribution in [3.05, 3.63) is 0 Å². The summed E-state index contributed by atoms with van der Waals surface area (Å²) in [5.74, 6) is -1.59. The summed E-state index contributed by atoms with van der Waals surface area (Å²) in [6.45, 7) is 0. The second-order valence-electron chi connectivity index (χ2n) is 5.49. The van der Waals surface area contributed by atoms with Crippen LogP contribution < -0.4 is 0 Å². The van der Waals surface area contributed by atoms with Crippen LogP contribution in [0.5, 0.6) is 0 Å². The Hall–Kier alpha value is 0.822. The van der Waals surface area contributed by atoms with Crippen molar-refractivity contribution in [3.8, 4) is 0 Å². The van der Waals surface area contributed by atoms with Crippen LogP contribution >= 0.6 is 31.9 Å². The maximum atomic E-state index is 10.5. The van der Waals surface area contributed by atoms with Gasteiger partial charge in [-0.25, -0.2) is 0 Å². The Labute approximate surface area is 162 Å². The van der Waals surface area contributed by atoms with E-state index in [2.05, 4.69) is 31.9 Å². The Morgan fingerprint density at radius 1 is 0.714 bits per heavy atom. The van der Waals surface area contributed by atoms with E-state index in [-0.39, 0.29) is 48.8 Å². The van der Waals surface area contributed by atoms with Gasteiger partial charge in [0, 0.05) is 37.0 Å². The Kier molecular flexibility index (Phi) is 11.8. The second-order valence-corrected chi connectivity index (χ2v) is 7.84. The number of alkyl halides is 2. The normalized spacial score (nSPS) is 32.1. The molecule has 0 aromatic heterocycles. The number of carboxylic acids is 2. The molecule has 4 unspecified atom stereocenters. The molecule has 0 radical (unpaired) electrons. The molecule has 2 rings (SSSR count). The molecule has 21 heavy (non-hydrogen) atoms. The van der Waals surface area contributed by atoms with E-state index in [1.165, 1.54) is 12.8 Å². The molecule has 2 fully saturated rings. The van der Waals surface area contributed by atoms with Crippen LogP contribution in [0.2, 0.25) is 0 Å². The largest absolute Gasteiger partial charge is 0.481 e. The average molecular weight is 527 g/mol. The Balaban J connectivity index is 0.000000364. The zero-order valence-electron chi connectivity index (χ0n) is 12.1. The molecule has 0 saturated heterocycles. The molecule has 4 atom stereocenters. The van der Waals surface area contributed by atoms with Gasteiger partial charge in [0.2, 0.25) is 0 Å². The SMILES string of the molecule is O=C(O)C1CCCCC1Br.O=C(O)C1CCCCC1Br.[Cd]. The summed E-state index contributed by atoms with van der Waals surface area (Å²) in [6, 6.07) is 0. The van der Waals surface area contributed by atoms with Gasteiger partial charge < -0.3 is 10.2 Å². The third-order valence-corrected chi connectivity index (χ3v) is 6.19. The third-order valence-electron chi connectivity index (χ3n) is 4.00. The van der Waals surface area contributed by atoms with Crippen LogP contribution in [-0.2, 0) is 36.9 Å². The summed E-state index contributed by atoms with van der Waals surface area (Å²) in [5, 5.41) is 17.4. The average Bonchev–Trinajstić information content (AvgIpc) is 2.40. The van der Waals surface area contributed by atoms with Gasteiger partial charge in [0.25, 0.3) is 0 Å². The summed E-state index contributed by atoms with van der Waals surface area (Å²) in [5.41, 5.74) is 0. The maximum absolute atomic E-state index is 10.5. The molecule has 0 amide bonds. The van der Waals surface area contributed by atoms with Gasteiger partial charge in [0.1, 0.15) is 0 Å². The fraction of sp³-hybridized carbons (Fsp3) is 0.857. The van der Waals surface area contributed by atoms with E-state index in [9.17, 15) is 9.59 Å². The van der Waals surface area contributed by atoms with Gasteiger partial charge in [-0.3, -0.25) is 9.59 Å². The number of carbonyl (C=O) groups is 2. The van der Waals surface area contributed by atoms with Crippen molar-refractivity contribution in [2.75, 3.05) is 0 Å². The summed E-state index contributed by atoms with van der Waals surface area (Å²) < 4.78 is 0. The minimum atomic E-state index is -0.651. The number of hydrogen-bond acceptors (Lipinski definition) is 2. The third kappa shape index (κ3) is 7.76. The van der Waals surface area contributed by atoms with Crippen LogP contribution in [0.3, 0.4) is 0 Å². The fourth-order valence-electron chi connectivity index (χ4n) is 2.73. The van der Waals surface area contributed by atoms with E-state index in [1.807, 2.05) is 0 Å². The van der Waals surface area contributed by atoms with Crippen LogP contribution in [-0.4, -0.2) is 31.8 Å². The second kappa shape index (κ2) is 11.4. The van der Waals surface area contributed by atoms with Crippen molar-refractivity contribution in [2.24, 2.45) is 11.8 Å². The number of halogens is 2. The van der Waals surface area contributed by atoms with Crippen molar-refractivity contribution in [1.82, 2.24) is 0 Å². The summed E-state index contributed by atoms with van der Waals surface area (Å²) in [6.07, 6.45) is 8.17. The van der Waals surface area contributed by atoms with E-state index in [0.717, 1.165) is 38.5 Å². The van der Waals surface area contributed by atoms with E-state index < -0.39 is 11.9 Å². The molecule has 2 saturated carbocycles. The van der Waals surface area contributed by atoms with Gasteiger partial charge in [-0.05, 0) is 25.7 Å². The predicted octanol–water partition coefficient (Wildman–Crippen LogP) is 4.05. The van der Waals surface area contributed by atoms with Gasteiger partial charge in [-0.15, -0.1) is 0 Å². The smallest absolute Gasteiger partial charge is 0.307 e. The monoisotopic (exact) mass is 526 g/mol. The van der Waals surface area contributed by atoms with Crippen molar-refractivity contribution >= 4 is 43.8 Å². The van der Waals surface area contributed by atoms with Crippen molar-refractivity contribution in [2.45, 2.75) is 61.0 Å². The molecule has 0 spiro atoms. The quantitative estimate of drug-likeness (QED) is 0.421. The van der Waals surface area contributed by atoms with E-state index in [0.29, 0.717) is 0 Å². The summed E-state index contributed by atoms with van der Waals surface area (Å²) in [7, 11) is 0. The molecule has 2 N–H and O–H groups in total. The minimum absolute atomic E-state index is 0. The molecule has 0 aromatic carbocycles. The van der Waals surface area contributed by atoms with Gasteiger partial charge in [-0.1, -0.05) is 57.5 Å². The Morgan fingerprint density at radius 3 is 1.19 bits per heavy atom. The first-order chi connectivity index (χ1) is 9.43. The standard InChI is InChI=1S/2C7H11BrO2.Cd/c2*8-6-4-2-1-3-5(6)7(9)10;/h2*5-6H,1-4H2,(H,9,10);. The van der Waals surface area contributed by atoms with E-state index in [1.54, 1.807) is 0 Å². The molecule has 4 nitrogen and oxygen atoms in total. The first kappa shape index (κ1) is 21.8. The van der Waals surface area contributed by atoms with E-state index >= 15 is 0 Å². The van der Waals surface area contributed by atoms with Crippen LogP contribution in [0.25, 0.3) is 0 Å². The summed E-state index contributed by atoms with van der Waals surface area (Å²) in [4.78, 5) is 21.5. The molecule has 0 heterocycles. The first-order valence-corrected chi connectivity index (χ1v) is 9.00. The molecule has 2 aliphatic rings. The molecule has 0 aromatic rings. The Morgan fingerprint density at radius 2 is 1.00 bits per heavy atom. The van der Waals surface area contributed by atoms with Crippen LogP contribution in [0.4, 0.5) is 0 Å². The minimum Gasteiger partial charge on any atom is -0.481 e.